The van der Waals surface area contributed by atoms with Crippen molar-refractivity contribution in [2.45, 2.75) is 89.0 Å². The fraction of sp³-hybridized carbons (Fsp3) is 0.947. The first-order chi connectivity index (χ1) is 11.7. The third-order valence-corrected chi connectivity index (χ3v) is 6.93. The minimum Gasteiger partial charge on any atom is -0.393 e. The first-order valence-electron chi connectivity index (χ1n) is 10.1. The third-order valence-electron chi connectivity index (χ3n) is 6.93. The maximum absolute atomic E-state index is 9.71. The first-order valence-corrected chi connectivity index (χ1v) is 10.1. The summed E-state index contributed by atoms with van der Waals surface area (Å²) in [4.78, 5) is 4.72. The molecule has 4 aliphatic rings. The molecule has 3 saturated carbocycles. The number of aliphatic hydroxyl groups is 1. The van der Waals surface area contributed by atoms with Crippen molar-refractivity contribution in [3.63, 3.8) is 0 Å². The molecule has 1 spiro atoms. The number of hydrogen-bond acceptors (Lipinski definition) is 3. The van der Waals surface area contributed by atoms with Gasteiger partial charge in [0.15, 0.2) is 5.96 Å². The Morgan fingerprint density at radius 1 is 1.12 bits per heavy atom. The van der Waals surface area contributed by atoms with Gasteiger partial charge in [-0.05, 0) is 51.9 Å². The maximum atomic E-state index is 9.71. The summed E-state index contributed by atoms with van der Waals surface area (Å²) >= 11 is 0. The van der Waals surface area contributed by atoms with Crippen molar-refractivity contribution in [3.8, 4) is 0 Å². The van der Waals surface area contributed by atoms with Crippen molar-refractivity contribution in [1.29, 1.82) is 0 Å². The van der Waals surface area contributed by atoms with E-state index in [2.05, 4.69) is 17.6 Å². The second-order valence-corrected chi connectivity index (χ2v) is 8.28. The fourth-order valence-electron chi connectivity index (χ4n) is 5.76. The van der Waals surface area contributed by atoms with Gasteiger partial charge in [-0.3, -0.25) is 4.99 Å². The topological polar surface area (TPSA) is 65.9 Å². The Balaban J connectivity index is 0.00000182. The molecule has 0 radical (unpaired) electrons. The predicted molar refractivity (Wildman–Crippen MR) is 110 cm³/mol. The summed E-state index contributed by atoms with van der Waals surface area (Å²) in [6, 6.07) is 0.973. The van der Waals surface area contributed by atoms with Crippen LogP contribution < -0.4 is 10.6 Å². The van der Waals surface area contributed by atoms with E-state index < -0.39 is 0 Å². The molecule has 1 saturated heterocycles. The summed E-state index contributed by atoms with van der Waals surface area (Å²) in [5.41, 5.74) is 0.361. The van der Waals surface area contributed by atoms with Gasteiger partial charge in [-0.25, -0.2) is 0 Å². The van der Waals surface area contributed by atoms with Gasteiger partial charge < -0.3 is 20.5 Å². The molecule has 144 valence electrons. The highest BCUT2D eigenvalue weighted by Crippen LogP contribution is 2.60. The van der Waals surface area contributed by atoms with Crippen LogP contribution in [0.25, 0.3) is 0 Å². The second-order valence-electron chi connectivity index (χ2n) is 8.28. The minimum atomic E-state index is -0.104. The lowest BCUT2D eigenvalue weighted by atomic mass is 9.54. The number of aliphatic imine (C=N–C) groups is 1. The zero-order valence-corrected chi connectivity index (χ0v) is 17.7. The quantitative estimate of drug-likeness (QED) is 0.342. The van der Waals surface area contributed by atoms with Gasteiger partial charge >= 0.3 is 0 Å². The van der Waals surface area contributed by atoms with Gasteiger partial charge in [0, 0.05) is 36.6 Å². The molecule has 0 aromatic carbocycles. The first kappa shape index (κ1) is 19.7. The zero-order chi connectivity index (χ0) is 16.6. The lowest BCUT2D eigenvalue weighted by Gasteiger charge is -2.57. The van der Waals surface area contributed by atoms with Gasteiger partial charge in [0.1, 0.15) is 0 Å². The lowest BCUT2D eigenvalue weighted by Crippen LogP contribution is -2.69. The van der Waals surface area contributed by atoms with Gasteiger partial charge in [-0.1, -0.05) is 12.8 Å². The Kier molecular flexibility index (Phi) is 6.53. The van der Waals surface area contributed by atoms with E-state index >= 15 is 0 Å². The Morgan fingerprint density at radius 3 is 2.52 bits per heavy atom. The van der Waals surface area contributed by atoms with E-state index in [0.717, 1.165) is 44.8 Å². The SMILES string of the molecule is CCN=C(NC1CCC(O)CC1)NC1C2CCOC2C12CCCC2.I. The predicted octanol–water partition coefficient (Wildman–Crippen LogP) is 2.81. The molecule has 25 heavy (non-hydrogen) atoms. The smallest absolute Gasteiger partial charge is 0.191 e. The minimum absolute atomic E-state index is 0. The van der Waals surface area contributed by atoms with Crippen LogP contribution in [0.1, 0.15) is 64.7 Å². The molecular weight excluding hydrogens is 429 g/mol. The van der Waals surface area contributed by atoms with Crippen LogP contribution in [0.2, 0.25) is 0 Å². The van der Waals surface area contributed by atoms with Gasteiger partial charge in [-0.15, -0.1) is 24.0 Å². The van der Waals surface area contributed by atoms with Crippen LogP contribution in [0.4, 0.5) is 0 Å². The molecule has 4 rings (SSSR count). The van der Waals surface area contributed by atoms with Crippen molar-refractivity contribution < 1.29 is 9.84 Å². The van der Waals surface area contributed by atoms with E-state index in [9.17, 15) is 5.11 Å². The van der Waals surface area contributed by atoms with Crippen molar-refractivity contribution in [2.24, 2.45) is 16.3 Å². The van der Waals surface area contributed by atoms with Crippen LogP contribution in [0.3, 0.4) is 0 Å². The number of hydrogen-bond donors (Lipinski definition) is 3. The van der Waals surface area contributed by atoms with E-state index in [4.69, 9.17) is 9.73 Å². The number of rotatable bonds is 3. The van der Waals surface area contributed by atoms with Crippen LogP contribution in [0.5, 0.6) is 0 Å². The number of nitrogens with zero attached hydrogens (tertiary/aromatic N) is 1. The molecule has 1 heterocycles. The molecule has 0 amide bonds. The highest BCUT2D eigenvalue weighted by molar-refractivity contribution is 14.0. The molecule has 1 aliphatic heterocycles. The lowest BCUT2D eigenvalue weighted by molar-refractivity contribution is -0.125. The van der Waals surface area contributed by atoms with E-state index in [1.54, 1.807) is 0 Å². The number of aliphatic hydroxyl groups excluding tert-OH is 1. The van der Waals surface area contributed by atoms with E-state index in [1.807, 2.05) is 0 Å². The van der Waals surface area contributed by atoms with Crippen molar-refractivity contribution in [1.82, 2.24) is 10.6 Å². The molecule has 3 aliphatic carbocycles. The molecule has 4 fully saturated rings. The second kappa shape index (κ2) is 8.30. The number of guanidine groups is 1. The van der Waals surface area contributed by atoms with E-state index in [0.29, 0.717) is 29.5 Å². The fourth-order valence-corrected chi connectivity index (χ4v) is 5.76. The van der Waals surface area contributed by atoms with Crippen LogP contribution >= 0.6 is 24.0 Å². The molecule has 3 atom stereocenters. The summed E-state index contributed by atoms with van der Waals surface area (Å²) in [7, 11) is 0. The largest absolute Gasteiger partial charge is 0.393 e. The van der Waals surface area contributed by atoms with Crippen LogP contribution in [0, 0.1) is 11.3 Å². The zero-order valence-electron chi connectivity index (χ0n) is 15.4. The third kappa shape index (κ3) is 3.68. The molecule has 3 N–H and O–H groups in total. The number of halogens is 1. The summed E-state index contributed by atoms with van der Waals surface area (Å²) in [6.45, 7) is 3.83. The molecule has 0 bridgehead atoms. The summed E-state index contributed by atoms with van der Waals surface area (Å²) in [5, 5.41) is 17.2. The van der Waals surface area contributed by atoms with Crippen LogP contribution in [-0.2, 0) is 4.74 Å². The molecule has 0 aromatic rings. The summed E-state index contributed by atoms with van der Waals surface area (Å²) in [6.07, 6.45) is 10.8. The van der Waals surface area contributed by atoms with Gasteiger partial charge in [-0.2, -0.15) is 0 Å². The Labute approximate surface area is 168 Å². The molecule has 3 unspecified atom stereocenters. The van der Waals surface area contributed by atoms with Gasteiger partial charge in [0.25, 0.3) is 0 Å². The van der Waals surface area contributed by atoms with E-state index in [-0.39, 0.29) is 30.1 Å². The maximum Gasteiger partial charge on any atom is 0.191 e. The normalized spacial score (nSPS) is 39.4. The Bertz CT molecular complexity index is 473. The highest BCUT2D eigenvalue weighted by atomic mass is 127. The summed E-state index contributed by atoms with van der Waals surface area (Å²) in [5.74, 6) is 1.65. The molecule has 6 heteroatoms. The molecule has 0 aromatic heterocycles. The number of ether oxygens (including phenoxy) is 1. The number of nitrogens with one attached hydrogen (secondary N) is 2. The Hall–Kier alpha value is -0.0800. The van der Waals surface area contributed by atoms with Crippen molar-refractivity contribution in [3.05, 3.63) is 0 Å². The van der Waals surface area contributed by atoms with Gasteiger partial charge in [0.2, 0.25) is 0 Å². The molecule has 5 nitrogen and oxygen atoms in total. The van der Waals surface area contributed by atoms with E-state index in [1.165, 1.54) is 32.1 Å². The number of fused-ring (bicyclic) bond motifs is 2. The van der Waals surface area contributed by atoms with Crippen molar-refractivity contribution >= 4 is 29.9 Å². The van der Waals surface area contributed by atoms with Crippen molar-refractivity contribution in [2.75, 3.05) is 13.2 Å². The van der Waals surface area contributed by atoms with Crippen LogP contribution in [0.15, 0.2) is 4.99 Å². The molecular formula is C19H34IN3O2. The van der Waals surface area contributed by atoms with Crippen LogP contribution in [-0.4, -0.2) is 48.5 Å². The Morgan fingerprint density at radius 2 is 1.84 bits per heavy atom. The monoisotopic (exact) mass is 463 g/mol. The standard InChI is InChI=1S/C19H33N3O2.HI/c1-2-20-18(21-13-5-7-14(23)8-6-13)22-16-15-9-12-24-17(15)19(16)10-3-4-11-19;/h13-17,23H,2-12H2,1H3,(H2,20,21,22);1H. The highest BCUT2D eigenvalue weighted by Gasteiger charge is 2.65. The average molecular weight is 463 g/mol. The average Bonchev–Trinajstić information content (AvgIpc) is 3.23. The van der Waals surface area contributed by atoms with Gasteiger partial charge in [0.05, 0.1) is 12.2 Å². The summed E-state index contributed by atoms with van der Waals surface area (Å²) < 4.78 is 6.10.